The Morgan fingerprint density at radius 3 is 2.76 bits per heavy atom. The highest BCUT2D eigenvalue weighted by Crippen LogP contribution is 2.35. The number of rotatable bonds is 4. The second-order valence-electron chi connectivity index (χ2n) is 8.83. The summed E-state index contributed by atoms with van der Waals surface area (Å²) in [5.41, 5.74) is 5.13. The number of nitrogens with one attached hydrogen (secondary N) is 1. The maximum atomic E-state index is 14.0. The first-order chi connectivity index (χ1) is 16.1. The van der Waals surface area contributed by atoms with Crippen LogP contribution < -0.4 is 10.2 Å². The van der Waals surface area contributed by atoms with Gasteiger partial charge in [0.1, 0.15) is 11.9 Å². The molecule has 1 saturated heterocycles. The molecule has 7 nitrogen and oxygen atoms in total. The zero-order valence-electron chi connectivity index (χ0n) is 18.4. The predicted molar refractivity (Wildman–Crippen MR) is 124 cm³/mol. The second kappa shape index (κ2) is 8.93. The highest BCUT2D eigenvalue weighted by atomic mass is 19.1. The fraction of sp³-hybridized carbons (Fsp3) is 0.400. The maximum Gasteiger partial charge on any atom is 0.233 e. The van der Waals surface area contributed by atoms with Crippen molar-refractivity contribution in [1.82, 2.24) is 4.90 Å². The molecule has 1 amide bonds. The summed E-state index contributed by atoms with van der Waals surface area (Å²) in [6.45, 7) is 4.41. The van der Waals surface area contributed by atoms with Crippen molar-refractivity contribution in [2.24, 2.45) is 10.9 Å². The Labute approximate surface area is 192 Å². The first-order valence-corrected chi connectivity index (χ1v) is 11.4. The number of aliphatic hydroxyl groups excluding tert-OH is 1. The highest BCUT2D eigenvalue weighted by molar-refractivity contribution is 6.23. The average Bonchev–Trinajstić information content (AvgIpc) is 2.84. The number of carbonyl (C=O) groups excluding carboxylic acids is 1. The highest BCUT2D eigenvalue weighted by Gasteiger charge is 2.35. The van der Waals surface area contributed by atoms with Gasteiger partial charge < -0.3 is 15.3 Å². The van der Waals surface area contributed by atoms with Gasteiger partial charge in [0.05, 0.1) is 29.5 Å². The van der Waals surface area contributed by atoms with Crippen LogP contribution in [-0.2, 0) is 17.9 Å². The Morgan fingerprint density at radius 1 is 1.21 bits per heavy atom. The number of aliphatic imine (C=N–C) groups is 1. The van der Waals surface area contributed by atoms with Crippen molar-refractivity contribution in [3.8, 4) is 6.07 Å². The van der Waals surface area contributed by atoms with Crippen molar-refractivity contribution in [2.75, 3.05) is 42.9 Å². The molecular weight excluding hydrogens is 421 g/mol. The number of anilines is 2. The lowest BCUT2D eigenvalue weighted by Gasteiger charge is -2.36. The average molecular weight is 448 g/mol. The van der Waals surface area contributed by atoms with Crippen LogP contribution >= 0.6 is 0 Å². The molecule has 0 aliphatic carbocycles. The van der Waals surface area contributed by atoms with Crippen molar-refractivity contribution >= 4 is 23.0 Å². The minimum Gasteiger partial charge on any atom is -0.392 e. The summed E-state index contributed by atoms with van der Waals surface area (Å²) >= 11 is 0. The lowest BCUT2D eigenvalue weighted by molar-refractivity contribution is -0.118. The fourth-order valence-electron chi connectivity index (χ4n) is 5.07. The number of benzene rings is 2. The Kier molecular flexibility index (Phi) is 5.83. The zero-order valence-corrected chi connectivity index (χ0v) is 18.4. The molecule has 0 radical (unpaired) electrons. The minimum atomic E-state index is -0.491. The largest absolute Gasteiger partial charge is 0.392 e. The van der Waals surface area contributed by atoms with E-state index in [0.29, 0.717) is 6.54 Å². The van der Waals surface area contributed by atoms with Gasteiger partial charge in [-0.15, -0.1) is 0 Å². The number of piperazine rings is 1. The molecule has 0 aromatic heterocycles. The molecule has 2 aromatic rings. The lowest BCUT2D eigenvalue weighted by atomic mass is 9.83. The van der Waals surface area contributed by atoms with Crippen molar-refractivity contribution in [3.05, 3.63) is 58.4 Å². The zero-order chi connectivity index (χ0) is 22.9. The number of nitrogens with zero attached hydrogens (tertiary/aromatic N) is 4. The van der Waals surface area contributed by atoms with Crippen molar-refractivity contribution in [3.63, 3.8) is 0 Å². The van der Waals surface area contributed by atoms with Crippen LogP contribution in [0, 0.1) is 23.1 Å². The van der Waals surface area contributed by atoms with E-state index < -0.39 is 5.82 Å². The Balaban J connectivity index is 1.31. The van der Waals surface area contributed by atoms with Crippen molar-refractivity contribution in [2.45, 2.75) is 26.0 Å². The first kappa shape index (κ1) is 21.6. The molecule has 33 heavy (non-hydrogen) atoms. The summed E-state index contributed by atoms with van der Waals surface area (Å²) in [4.78, 5) is 21.7. The summed E-state index contributed by atoms with van der Waals surface area (Å²) in [5, 5.41) is 22.0. The van der Waals surface area contributed by atoms with Crippen LogP contribution in [0.4, 0.5) is 15.8 Å². The van der Waals surface area contributed by atoms with Gasteiger partial charge in [-0.1, -0.05) is 6.07 Å². The molecule has 2 aromatic carbocycles. The van der Waals surface area contributed by atoms with Crippen LogP contribution in [0.25, 0.3) is 0 Å². The molecule has 0 saturated carbocycles. The molecule has 170 valence electrons. The van der Waals surface area contributed by atoms with Gasteiger partial charge in [-0.3, -0.25) is 14.7 Å². The molecule has 1 atom stereocenters. The normalized spacial score (nSPS) is 20.4. The third kappa shape index (κ3) is 4.10. The third-order valence-corrected chi connectivity index (χ3v) is 6.76. The molecule has 2 N–H and O–H groups in total. The van der Waals surface area contributed by atoms with E-state index in [1.165, 1.54) is 12.1 Å². The molecule has 0 spiro atoms. The summed E-state index contributed by atoms with van der Waals surface area (Å²) in [6.07, 6.45) is 1.70. The smallest absolute Gasteiger partial charge is 0.233 e. The van der Waals surface area contributed by atoms with Crippen LogP contribution in [-0.4, -0.2) is 54.3 Å². The van der Waals surface area contributed by atoms with E-state index in [1.807, 2.05) is 18.2 Å². The predicted octanol–water partition coefficient (Wildman–Crippen LogP) is 2.66. The molecule has 5 rings (SSSR count). The number of aliphatic hydroxyl groups is 1. The van der Waals surface area contributed by atoms with Gasteiger partial charge in [-0.25, -0.2) is 4.39 Å². The standard InChI is InChI=1S/C25H26FN5O2/c26-21-12-19(4-3-17(21)13-27)31-8-6-30(7-9-31)14-16-10-18(15-32)23-22(11-16)29-25(33)20-2-1-5-28-24(20)23/h3-4,10-12,20,32H,1-2,5-9,14-15H2,(H,29,33). The number of amides is 1. The van der Waals surface area contributed by atoms with E-state index >= 15 is 0 Å². The Hall–Kier alpha value is -3.28. The molecule has 1 fully saturated rings. The minimum absolute atomic E-state index is 0.00903. The summed E-state index contributed by atoms with van der Waals surface area (Å²) < 4.78 is 14.0. The van der Waals surface area contributed by atoms with Gasteiger partial charge in [0.25, 0.3) is 0 Å². The SMILES string of the molecule is N#Cc1ccc(N2CCN(Cc3cc(CO)c4c(c3)NC(=O)C3CCCN=C43)CC2)cc1F. The van der Waals surface area contributed by atoms with Gasteiger partial charge in [0.15, 0.2) is 0 Å². The maximum absolute atomic E-state index is 14.0. The third-order valence-electron chi connectivity index (χ3n) is 6.76. The number of nitriles is 1. The number of carbonyl (C=O) groups is 1. The molecule has 0 bridgehead atoms. The number of hydrogen-bond donors (Lipinski definition) is 2. The Bertz CT molecular complexity index is 1160. The Morgan fingerprint density at radius 2 is 2.03 bits per heavy atom. The molecular formula is C25H26FN5O2. The van der Waals surface area contributed by atoms with Crippen LogP contribution in [0.2, 0.25) is 0 Å². The fourth-order valence-corrected chi connectivity index (χ4v) is 5.07. The van der Waals surface area contributed by atoms with Gasteiger partial charge >= 0.3 is 0 Å². The van der Waals surface area contributed by atoms with Gasteiger partial charge in [0.2, 0.25) is 5.91 Å². The van der Waals surface area contributed by atoms with Crippen LogP contribution in [0.15, 0.2) is 35.3 Å². The molecule has 3 aliphatic heterocycles. The van der Waals surface area contributed by atoms with E-state index in [2.05, 4.69) is 20.1 Å². The van der Waals surface area contributed by atoms with E-state index in [9.17, 15) is 14.3 Å². The van der Waals surface area contributed by atoms with E-state index in [1.54, 1.807) is 6.07 Å². The number of fused-ring (bicyclic) bond motifs is 3. The summed E-state index contributed by atoms with van der Waals surface area (Å²) in [7, 11) is 0. The van der Waals surface area contributed by atoms with Gasteiger partial charge in [-0.2, -0.15) is 5.26 Å². The first-order valence-electron chi connectivity index (χ1n) is 11.4. The van der Waals surface area contributed by atoms with Gasteiger partial charge in [0, 0.05) is 50.5 Å². The van der Waals surface area contributed by atoms with Crippen LogP contribution in [0.5, 0.6) is 0 Å². The second-order valence-corrected chi connectivity index (χ2v) is 8.83. The summed E-state index contributed by atoms with van der Waals surface area (Å²) in [6, 6.07) is 10.6. The van der Waals surface area contributed by atoms with E-state index in [0.717, 1.165) is 79.3 Å². The number of hydrogen-bond acceptors (Lipinski definition) is 6. The molecule has 8 heteroatoms. The quantitative estimate of drug-likeness (QED) is 0.752. The van der Waals surface area contributed by atoms with Crippen LogP contribution in [0.3, 0.4) is 0 Å². The molecule has 3 heterocycles. The van der Waals surface area contributed by atoms with Crippen molar-refractivity contribution in [1.29, 1.82) is 5.26 Å². The van der Waals surface area contributed by atoms with E-state index in [4.69, 9.17) is 5.26 Å². The van der Waals surface area contributed by atoms with Crippen LogP contribution in [0.1, 0.15) is 35.1 Å². The summed E-state index contributed by atoms with van der Waals surface area (Å²) in [5.74, 6) is -0.720. The number of halogens is 1. The molecule has 3 aliphatic rings. The lowest BCUT2D eigenvalue weighted by Crippen LogP contribution is -2.46. The topological polar surface area (TPSA) is 92.0 Å². The van der Waals surface area contributed by atoms with Gasteiger partial charge in [-0.05, 0) is 48.2 Å². The van der Waals surface area contributed by atoms with Crippen molar-refractivity contribution < 1.29 is 14.3 Å². The monoisotopic (exact) mass is 447 g/mol. The molecule has 1 unspecified atom stereocenters. The van der Waals surface area contributed by atoms with E-state index in [-0.39, 0.29) is 24.0 Å².